The maximum absolute atomic E-state index is 12.0. The minimum Gasteiger partial charge on any atom is -0.466 e. The zero-order valence-corrected chi connectivity index (χ0v) is 14.8. The van der Waals surface area contributed by atoms with Crippen LogP contribution >= 0.6 is 11.6 Å². The Morgan fingerprint density at radius 3 is 2.46 bits per heavy atom. The molecule has 5 nitrogen and oxygen atoms in total. The molecule has 0 radical (unpaired) electrons. The van der Waals surface area contributed by atoms with E-state index in [4.69, 9.17) is 16.3 Å². The van der Waals surface area contributed by atoms with Crippen molar-refractivity contribution in [1.29, 1.82) is 0 Å². The largest absolute Gasteiger partial charge is 0.466 e. The number of hydrogen-bond donors (Lipinski definition) is 2. The first kappa shape index (κ1) is 18.6. The molecular formula is C18H25ClN2O3. The molecule has 1 aliphatic rings. The van der Waals surface area contributed by atoms with Crippen LogP contribution in [0.4, 0.5) is 4.79 Å². The molecular weight excluding hydrogens is 328 g/mol. The van der Waals surface area contributed by atoms with Gasteiger partial charge in [-0.2, -0.15) is 0 Å². The third-order valence-corrected chi connectivity index (χ3v) is 4.56. The fourth-order valence-electron chi connectivity index (χ4n) is 2.99. The van der Waals surface area contributed by atoms with E-state index in [-0.39, 0.29) is 18.0 Å². The summed E-state index contributed by atoms with van der Waals surface area (Å²) in [7, 11) is 0. The van der Waals surface area contributed by atoms with Gasteiger partial charge in [-0.3, -0.25) is 4.79 Å². The first-order valence-corrected chi connectivity index (χ1v) is 8.89. The number of ether oxygens (including phenoxy) is 1. The molecule has 1 fully saturated rings. The van der Waals surface area contributed by atoms with Crippen molar-refractivity contribution in [2.24, 2.45) is 5.92 Å². The molecule has 0 unspecified atom stereocenters. The summed E-state index contributed by atoms with van der Waals surface area (Å²) in [6, 6.07) is 7.42. The summed E-state index contributed by atoms with van der Waals surface area (Å²) < 4.78 is 4.99. The fraction of sp³-hybridized carbons (Fsp3) is 0.556. The highest BCUT2D eigenvalue weighted by molar-refractivity contribution is 6.30. The zero-order chi connectivity index (χ0) is 17.4. The summed E-state index contributed by atoms with van der Waals surface area (Å²) in [4.78, 5) is 23.5. The van der Waals surface area contributed by atoms with Crippen LogP contribution < -0.4 is 10.6 Å². The van der Waals surface area contributed by atoms with Gasteiger partial charge in [-0.25, -0.2) is 4.79 Å². The fourth-order valence-corrected chi connectivity index (χ4v) is 3.11. The van der Waals surface area contributed by atoms with Crippen LogP contribution in [0.3, 0.4) is 0 Å². The topological polar surface area (TPSA) is 67.4 Å². The number of rotatable bonds is 6. The molecule has 6 heteroatoms. The van der Waals surface area contributed by atoms with Crippen molar-refractivity contribution >= 4 is 23.6 Å². The number of amides is 2. The van der Waals surface area contributed by atoms with E-state index in [0.717, 1.165) is 31.2 Å². The maximum Gasteiger partial charge on any atom is 0.315 e. The van der Waals surface area contributed by atoms with Crippen molar-refractivity contribution in [1.82, 2.24) is 10.6 Å². The van der Waals surface area contributed by atoms with Gasteiger partial charge in [0, 0.05) is 24.0 Å². The molecule has 1 aromatic rings. The van der Waals surface area contributed by atoms with Gasteiger partial charge in [-0.05, 0) is 56.2 Å². The molecule has 0 aliphatic heterocycles. The Labute approximate surface area is 148 Å². The Morgan fingerprint density at radius 2 is 1.83 bits per heavy atom. The number of carbonyl (C=O) groups is 2. The highest BCUT2D eigenvalue weighted by Gasteiger charge is 2.24. The standard InChI is InChI=1S/C18H25ClN2O3/c1-2-24-17(22)11-13-5-9-16(10-6-13)21-18(23)20-12-14-3-7-15(19)8-4-14/h3-4,7-8,13,16H,2,5-6,9-12H2,1H3,(H2,20,21,23). The molecule has 0 saturated heterocycles. The second-order valence-electron chi connectivity index (χ2n) is 6.18. The van der Waals surface area contributed by atoms with E-state index >= 15 is 0 Å². The Kier molecular flexibility index (Phi) is 7.37. The van der Waals surface area contributed by atoms with Gasteiger partial charge in [0.2, 0.25) is 0 Å². The van der Waals surface area contributed by atoms with Crippen molar-refractivity contribution in [2.45, 2.75) is 51.6 Å². The molecule has 2 rings (SSSR count). The molecule has 2 N–H and O–H groups in total. The van der Waals surface area contributed by atoms with E-state index < -0.39 is 0 Å². The SMILES string of the molecule is CCOC(=O)CC1CCC(NC(=O)NCc2ccc(Cl)cc2)CC1. The molecule has 0 aromatic heterocycles. The second-order valence-corrected chi connectivity index (χ2v) is 6.62. The average molecular weight is 353 g/mol. The van der Waals surface area contributed by atoms with Gasteiger partial charge in [0.15, 0.2) is 0 Å². The normalized spacial score (nSPS) is 20.2. The van der Waals surface area contributed by atoms with E-state index in [2.05, 4.69) is 10.6 Å². The van der Waals surface area contributed by atoms with Crippen LogP contribution in [0.2, 0.25) is 5.02 Å². The monoisotopic (exact) mass is 352 g/mol. The van der Waals surface area contributed by atoms with Gasteiger partial charge >= 0.3 is 12.0 Å². The van der Waals surface area contributed by atoms with E-state index in [1.807, 2.05) is 19.1 Å². The third kappa shape index (κ3) is 6.40. The molecule has 24 heavy (non-hydrogen) atoms. The summed E-state index contributed by atoms with van der Waals surface area (Å²) in [5, 5.41) is 6.55. The Bertz CT molecular complexity index is 540. The zero-order valence-electron chi connectivity index (χ0n) is 14.0. The molecule has 0 bridgehead atoms. The minimum atomic E-state index is -0.154. The number of benzene rings is 1. The Balaban J connectivity index is 1.65. The number of esters is 1. The number of hydrogen-bond acceptors (Lipinski definition) is 3. The number of halogens is 1. The molecule has 0 atom stereocenters. The average Bonchev–Trinajstić information content (AvgIpc) is 2.56. The minimum absolute atomic E-state index is 0.116. The summed E-state index contributed by atoms with van der Waals surface area (Å²) in [6.07, 6.45) is 4.18. The molecule has 0 heterocycles. The smallest absolute Gasteiger partial charge is 0.315 e. The molecule has 2 amide bonds. The van der Waals surface area contributed by atoms with Crippen molar-refractivity contribution in [2.75, 3.05) is 6.61 Å². The van der Waals surface area contributed by atoms with E-state index in [1.54, 1.807) is 12.1 Å². The van der Waals surface area contributed by atoms with Crippen LogP contribution in [0.1, 0.15) is 44.6 Å². The summed E-state index contributed by atoms with van der Waals surface area (Å²) in [5.41, 5.74) is 1.01. The van der Waals surface area contributed by atoms with E-state index in [0.29, 0.717) is 30.5 Å². The lowest BCUT2D eigenvalue weighted by Gasteiger charge is -2.28. The van der Waals surface area contributed by atoms with E-state index in [1.165, 1.54) is 0 Å². The first-order chi connectivity index (χ1) is 11.6. The summed E-state index contributed by atoms with van der Waals surface area (Å²) in [5.74, 6) is 0.258. The lowest BCUT2D eigenvalue weighted by molar-refractivity contribution is -0.144. The van der Waals surface area contributed by atoms with Crippen LogP contribution in [-0.2, 0) is 16.1 Å². The van der Waals surface area contributed by atoms with Gasteiger partial charge in [-0.1, -0.05) is 23.7 Å². The van der Waals surface area contributed by atoms with Crippen molar-refractivity contribution < 1.29 is 14.3 Å². The first-order valence-electron chi connectivity index (χ1n) is 8.51. The highest BCUT2D eigenvalue weighted by atomic mass is 35.5. The predicted octanol–water partition coefficient (Wildman–Crippen LogP) is 3.65. The lowest BCUT2D eigenvalue weighted by atomic mass is 9.84. The van der Waals surface area contributed by atoms with Gasteiger partial charge < -0.3 is 15.4 Å². The second kappa shape index (κ2) is 9.52. The van der Waals surface area contributed by atoms with Crippen LogP contribution in [0.5, 0.6) is 0 Å². The summed E-state index contributed by atoms with van der Waals surface area (Å²) >= 11 is 5.84. The molecule has 0 spiro atoms. The molecule has 132 valence electrons. The van der Waals surface area contributed by atoms with Gasteiger partial charge in [0.25, 0.3) is 0 Å². The van der Waals surface area contributed by atoms with Crippen LogP contribution in [-0.4, -0.2) is 24.6 Å². The van der Waals surface area contributed by atoms with Gasteiger partial charge in [-0.15, -0.1) is 0 Å². The Morgan fingerprint density at radius 1 is 1.17 bits per heavy atom. The van der Waals surface area contributed by atoms with Crippen LogP contribution in [0, 0.1) is 5.92 Å². The van der Waals surface area contributed by atoms with Crippen LogP contribution in [0.15, 0.2) is 24.3 Å². The van der Waals surface area contributed by atoms with E-state index in [9.17, 15) is 9.59 Å². The van der Waals surface area contributed by atoms with Crippen molar-refractivity contribution in [3.05, 3.63) is 34.9 Å². The van der Waals surface area contributed by atoms with Gasteiger partial charge in [0.05, 0.1) is 6.61 Å². The third-order valence-electron chi connectivity index (χ3n) is 4.31. The van der Waals surface area contributed by atoms with Crippen molar-refractivity contribution in [3.8, 4) is 0 Å². The number of nitrogens with one attached hydrogen (secondary N) is 2. The predicted molar refractivity (Wildman–Crippen MR) is 93.8 cm³/mol. The summed E-state index contributed by atoms with van der Waals surface area (Å²) in [6.45, 7) is 2.73. The molecule has 1 aliphatic carbocycles. The molecule has 1 saturated carbocycles. The lowest BCUT2D eigenvalue weighted by Crippen LogP contribution is -2.43. The number of carbonyl (C=O) groups excluding carboxylic acids is 2. The highest BCUT2D eigenvalue weighted by Crippen LogP contribution is 2.27. The quantitative estimate of drug-likeness (QED) is 0.768. The Hall–Kier alpha value is -1.75. The maximum atomic E-state index is 12.0. The van der Waals surface area contributed by atoms with Crippen molar-refractivity contribution in [3.63, 3.8) is 0 Å². The molecule has 1 aromatic carbocycles. The van der Waals surface area contributed by atoms with Crippen LogP contribution in [0.25, 0.3) is 0 Å². The number of urea groups is 1. The van der Waals surface area contributed by atoms with Gasteiger partial charge in [0.1, 0.15) is 0 Å².